The molecule has 0 N–H and O–H groups in total. The molecule has 1 aromatic heterocycles. The molecular weight excluding hydrogens is 260 g/mol. The van der Waals surface area contributed by atoms with Gasteiger partial charge in [0, 0.05) is 22.9 Å². The summed E-state index contributed by atoms with van der Waals surface area (Å²) in [5, 5.41) is 4.53. The maximum atomic E-state index is 4.49. The Bertz CT molecular complexity index is 300. The molecule has 1 atom stereocenters. The van der Waals surface area contributed by atoms with Gasteiger partial charge in [0.25, 0.3) is 0 Å². The zero-order chi connectivity index (χ0) is 9.97. The molecule has 1 fully saturated rings. The zero-order valence-corrected chi connectivity index (χ0v) is 10.8. The van der Waals surface area contributed by atoms with E-state index in [1.165, 1.54) is 24.5 Å². The molecule has 1 aromatic rings. The molecule has 1 saturated heterocycles. The van der Waals surface area contributed by atoms with Gasteiger partial charge in [-0.1, -0.05) is 15.9 Å². The number of nitrogens with zero attached hydrogens (tertiary/aromatic N) is 2. The van der Waals surface area contributed by atoms with E-state index >= 15 is 0 Å². The lowest BCUT2D eigenvalue weighted by Crippen LogP contribution is -2.20. The van der Waals surface area contributed by atoms with Gasteiger partial charge < -0.3 is 0 Å². The number of rotatable bonds is 3. The summed E-state index contributed by atoms with van der Waals surface area (Å²) in [4.78, 5) is 6.99. The molecule has 2 nitrogen and oxygen atoms in total. The molecule has 78 valence electrons. The molecule has 0 amide bonds. The van der Waals surface area contributed by atoms with Gasteiger partial charge >= 0.3 is 0 Å². The molecule has 1 aliphatic heterocycles. The van der Waals surface area contributed by atoms with Crippen LogP contribution in [0, 0.1) is 12.8 Å². The van der Waals surface area contributed by atoms with Crippen LogP contribution >= 0.6 is 27.3 Å². The van der Waals surface area contributed by atoms with E-state index in [-0.39, 0.29) is 0 Å². The smallest absolute Gasteiger partial charge is 0.107 e. The third-order valence-corrected chi connectivity index (χ3v) is 4.48. The van der Waals surface area contributed by atoms with Crippen LogP contribution in [0.3, 0.4) is 0 Å². The first-order valence-electron chi connectivity index (χ1n) is 4.97. The number of alkyl halides is 1. The molecule has 0 saturated carbocycles. The topological polar surface area (TPSA) is 16.1 Å². The number of likely N-dealkylation sites (tertiary alicyclic amines) is 1. The predicted molar refractivity (Wildman–Crippen MR) is 64.0 cm³/mol. The van der Waals surface area contributed by atoms with Crippen molar-refractivity contribution in [3.63, 3.8) is 0 Å². The summed E-state index contributed by atoms with van der Waals surface area (Å²) in [7, 11) is 0. The number of aromatic nitrogens is 1. The maximum Gasteiger partial charge on any atom is 0.107 e. The Morgan fingerprint density at radius 3 is 3.14 bits per heavy atom. The molecule has 0 radical (unpaired) electrons. The quantitative estimate of drug-likeness (QED) is 0.788. The molecule has 2 rings (SSSR count). The van der Waals surface area contributed by atoms with Gasteiger partial charge in [0.05, 0.1) is 6.54 Å². The minimum absolute atomic E-state index is 0.844. The number of thiazole rings is 1. The van der Waals surface area contributed by atoms with Gasteiger partial charge in [0.15, 0.2) is 0 Å². The Labute approximate surface area is 97.5 Å². The molecule has 0 bridgehead atoms. The van der Waals surface area contributed by atoms with E-state index in [1.54, 1.807) is 11.3 Å². The predicted octanol–water partition coefficient (Wildman–Crippen LogP) is 2.67. The largest absolute Gasteiger partial charge is 0.296 e. The molecular formula is C10H15BrN2S. The third kappa shape index (κ3) is 2.55. The summed E-state index contributed by atoms with van der Waals surface area (Å²) in [5.41, 5.74) is 1.15. The fourth-order valence-electron chi connectivity index (χ4n) is 1.85. The van der Waals surface area contributed by atoms with Crippen LogP contribution in [0.5, 0.6) is 0 Å². The highest BCUT2D eigenvalue weighted by atomic mass is 79.9. The lowest BCUT2D eigenvalue weighted by Gasteiger charge is -2.12. The number of hydrogen-bond donors (Lipinski definition) is 0. The van der Waals surface area contributed by atoms with E-state index in [0.717, 1.165) is 23.5 Å². The molecule has 1 unspecified atom stereocenters. The molecule has 0 aliphatic carbocycles. The Balaban J connectivity index is 1.87. The van der Waals surface area contributed by atoms with Crippen molar-refractivity contribution in [2.45, 2.75) is 19.9 Å². The van der Waals surface area contributed by atoms with Crippen LogP contribution in [0.2, 0.25) is 0 Å². The van der Waals surface area contributed by atoms with E-state index in [2.05, 4.69) is 38.1 Å². The molecule has 0 spiro atoms. The first-order valence-corrected chi connectivity index (χ1v) is 6.97. The minimum Gasteiger partial charge on any atom is -0.296 e. The Hall–Kier alpha value is 0.0700. The lowest BCUT2D eigenvalue weighted by atomic mass is 10.2. The first kappa shape index (κ1) is 10.6. The van der Waals surface area contributed by atoms with Crippen molar-refractivity contribution in [3.8, 4) is 0 Å². The second-order valence-electron chi connectivity index (χ2n) is 3.93. The highest BCUT2D eigenvalue weighted by molar-refractivity contribution is 9.09. The minimum atomic E-state index is 0.844. The summed E-state index contributed by atoms with van der Waals surface area (Å²) in [6.45, 7) is 5.56. The van der Waals surface area contributed by atoms with Crippen molar-refractivity contribution < 1.29 is 0 Å². The van der Waals surface area contributed by atoms with Gasteiger partial charge in [-0.25, -0.2) is 4.98 Å². The lowest BCUT2D eigenvalue weighted by molar-refractivity contribution is 0.320. The first-order chi connectivity index (χ1) is 6.78. The summed E-state index contributed by atoms with van der Waals surface area (Å²) in [6, 6.07) is 0. The molecule has 0 aromatic carbocycles. The van der Waals surface area contributed by atoms with Crippen LogP contribution in [-0.2, 0) is 6.54 Å². The van der Waals surface area contributed by atoms with Crippen LogP contribution in [0.4, 0.5) is 0 Å². The molecule has 4 heteroatoms. The van der Waals surface area contributed by atoms with Crippen LogP contribution < -0.4 is 0 Å². The third-order valence-electron chi connectivity index (χ3n) is 2.61. The Morgan fingerprint density at radius 1 is 1.71 bits per heavy atom. The van der Waals surface area contributed by atoms with Gasteiger partial charge in [-0.3, -0.25) is 4.90 Å². The van der Waals surface area contributed by atoms with E-state index in [4.69, 9.17) is 0 Å². The normalized spacial score (nSPS) is 23.1. The second-order valence-corrected chi connectivity index (χ2v) is 5.52. The maximum absolute atomic E-state index is 4.49. The van der Waals surface area contributed by atoms with Crippen molar-refractivity contribution in [3.05, 3.63) is 16.1 Å². The van der Waals surface area contributed by atoms with Crippen LogP contribution in [0.25, 0.3) is 0 Å². The fourth-order valence-corrected chi connectivity index (χ4v) is 3.19. The standard InChI is InChI=1S/C10H15BrN2S/c1-8-7-14-10(12-8)6-13-3-2-9(4-11)5-13/h7,9H,2-6H2,1H3. The van der Waals surface area contributed by atoms with Crippen LogP contribution in [0.1, 0.15) is 17.1 Å². The molecule has 14 heavy (non-hydrogen) atoms. The fraction of sp³-hybridized carbons (Fsp3) is 0.700. The number of halogens is 1. The summed E-state index contributed by atoms with van der Waals surface area (Å²) >= 11 is 5.33. The van der Waals surface area contributed by atoms with Crippen molar-refractivity contribution in [2.24, 2.45) is 5.92 Å². The zero-order valence-electron chi connectivity index (χ0n) is 8.37. The van der Waals surface area contributed by atoms with Crippen molar-refractivity contribution >= 4 is 27.3 Å². The van der Waals surface area contributed by atoms with Crippen molar-refractivity contribution in [1.29, 1.82) is 0 Å². The Morgan fingerprint density at radius 2 is 2.57 bits per heavy atom. The van der Waals surface area contributed by atoms with E-state index in [1.807, 2.05) is 0 Å². The monoisotopic (exact) mass is 274 g/mol. The van der Waals surface area contributed by atoms with Gasteiger partial charge in [-0.15, -0.1) is 11.3 Å². The highest BCUT2D eigenvalue weighted by Crippen LogP contribution is 2.21. The van der Waals surface area contributed by atoms with Crippen LogP contribution in [0.15, 0.2) is 5.38 Å². The highest BCUT2D eigenvalue weighted by Gasteiger charge is 2.21. The average molecular weight is 275 g/mol. The molecule has 1 aliphatic rings. The van der Waals surface area contributed by atoms with Gasteiger partial charge in [-0.05, 0) is 25.8 Å². The summed E-state index contributed by atoms with van der Waals surface area (Å²) < 4.78 is 0. The summed E-state index contributed by atoms with van der Waals surface area (Å²) in [5.74, 6) is 0.844. The van der Waals surface area contributed by atoms with Crippen LogP contribution in [-0.4, -0.2) is 28.3 Å². The van der Waals surface area contributed by atoms with E-state index in [0.29, 0.717) is 0 Å². The van der Waals surface area contributed by atoms with Gasteiger partial charge in [0.1, 0.15) is 5.01 Å². The van der Waals surface area contributed by atoms with E-state index < -0.39 is 0 Å². The van der Waals surface area contributed by atoms with Crippen molar-refractivity contribution in [1.82, 2.24) is 9.88 Å². The van der Waals surface area contributed by atoms with Gasteiger partial charge in [0.2, 0.25) is 0 Å². The molecule has 2 heterocycles. The van der Waals surface area contributed by atoms with E-state index in [9.17, 15) is 0 Å². The van der Waals surface area contributed by atoms with Crippen molar-refractivity contribution in [2.75, 3.05) is 18.4 Å². The second kappa shape index (κ2) is 4.73. The van der Waals surface area contributed by atoms with Gasteiger partial charge in [-0.2, -0.15) is 0 Å². The summed E-state index contributed by atoms with van der Waals surface area (Å²) in [6.07, 6.45) is 1.33. The number of aryl methyl sites for hydroxylation is 1. The SMILES string of the molecule is Cc1csc(CN2CCC(CBr)C2)n1. The number of hydrogen-bond acceptors (Lipinski definition) is 3. The average Bonchev–Trinajstić information content (AvgIpc) is 2.76. The Kier molecular flexibility index (Phi) is 3.57.